The molecule has 0 saturated heterocycles. The molecule has 1 aromatic heterocycles. The molecule has 0 fully saturated rings. The number of benzene rings is 1. The fourth-order valence-electron chi connectivity index (χ4n) is 2.57. The van der Waals surface area contributed by atoms with E-state index in [2.05, 4.69) is 26.8 Å². The van der Waals surface area contributed by atoms with Crippen molar-refractivity contribution in [3.63, 3.8) is 0 Å². The Morgan fingerprint density at radius 1 is 1.16 bits per heavy atom. The second-order valence-corrected chi connectivity index (χ2v) is 5.64. The summed E-state index contributed by atoms with van der Waals surface area (Å²) in [7, 11) is 3.70. The lowest BCUT2D eigenvalue weighted by Crippen LogP contribution is -2.39. The van der Waals surface area contributed by atoms with Crippen LogP contribution in [-0.2, 0) is 19.9 Å². The van der Waals surface area contributed by atoms with Crippen LogP contribution in [0.3, 0.4) is 0 Å². The summed E-state index contributed by atoms with van der Waals surface area (Å²) in [6.45, 7) is 1.92. The first-order chi connectivity index (χ1) is 11.7. The maximum absolute atomic E-state index is 5.40. The molecule has 2 heterocycles. The number of rotatable bonds is 6. The van der Waals surface area contributed by atoms with Gasteiger partial charge in [-0.15, -0.1) is 24.0 Å². The third-order valence-corrected chi connectivity index (χ3v) is 3.83. The van der Waals surface area contributed by atoms with Crippen LogP contribution in [-0.4, -0.2) is 42.7 Å². The highest BCUT2D eigenvalue weighted by atomic mass is 127. The van der Waals surface area contributed by atoms with E-state index in [1.165, 1.54) is 11.1 Å². The lowest BCUT2D eigenvalue weighted by molar-refractivity contribution is 0.174. The number of hydrogen-bond donors (Lipinski definition) is 2. The minimum Gasteiger partial charge on any atom is -0.454 e. The molecule has 0 saturated carbocycles. The van der Waals surface area contributed by atoms with Crippen molar-refractivity contribution in [1.82, 2.24) is 20.4 Å². The van der Waals surface area contributed by atoms with Crippen LogP contribution in [0.2, 0.25) is 0 Å². The number of fused-ring (bicyclic) bond motifs is 1. The molecular formula is C17H24IN5O2. The van der Waals surface area contributed by atoms with Gasteiger partial charge in [0.2, 0.25) is 6.79 Å². The van der Waals surface area contributed by atoms with Crippen LogP contribution < -0.4 is 20.1 Å². The second kappa shape index (κ2) is 9.50. The predicted octanol–water partition coefficient (Wildman–Crippen LogP) is 1.72. The van der Waals surface area contributed by atoms with E-state index in [1.807, 2.05) is 36.3 Å². The van der Waals surface area contributed by atoms with Crippen molar-refractivity contribution < 1.29 is 9.47 Å². The van der Waals surface area contributed by atoms with Crippen LogP contribution in [0.5, 0.6) is 11.5 Å². The molecule has 0 bridgehead atoms. The number of guanidine groups is 1. The van der Waals surface area contributed by atoms with E-state index in [4.69, 9.17) is 9.47 Å². The molecule has 7 nitrogen and oxygen atoms in total. The van der Waals surface area contributed by atoms with Crippen LogP contribution in [0.15, 0.2) is 35.6 Å². The van der Waals surface area contributed by atoms with Gasteiger partial charge in [0.1, 0.15) is 0 Å². The zero-order valence-corrected chi connectivity index (χ0v) is 16.8. The Labute approximate surface area is 164 Å². The standard InChI is InChI=1S/C17H23N5O2.HI/c1-18-17(20-8-6-14-10-21-22(2)11-14)19-7-5-13-3-4-15-16(9-13)24-12-23-15;/h3-4,9-11H,5-8,12H2,1-2H3,(H2,18,19,20);1H. The van der Waals surface area contributed by atoms with Gasteiger partial charge >= 0.3 is 0 Å². The molecule has 0 spiro atoms. The minimum absolute atomic E-state index is 0. The number of aromatic nitrogens is 2. The van der Waals surface area contributed by atoms with E-state index >= 15 is 0 Å². The zero-order valence-electron chi connectivity index (χ0n) is 14.5. The van der Waals surface area contributed by atoms with Crippen LogP contribution in [0, 0.1) is 0 Å². The summed E-state index contributed by atoms with van der Waals surface area (Å²) in [6.07, 6.45) is 5.71. The van der Waals surface area contributed by atoms with Gasteiger partial charge in [0.15, 0.2) is 17.5 Å². The van der Waals surface area contributed by atoms with Crippen molar-refractivity contribution >= 4 is 29.9 Å². The third kappa shape index (κ3) is 5.52. The van der Waals surface area contributed by atoms with Crippen molar-refractivity contribution in [2.75, 3.05) is 26.9 Å². The summed E-state index contributed by atoms with van der Waals surface area (Å²) in [5.41, 5.74) is 2.42. The van der Waals surface area contributed by atoms with Gasteiger partial charge in [-0.1, -0.05) is 6.07 Å². The Hall–Kier alpha value is -1.97. The Balaban J connectivity index is 0.00000225. The Morgan fingerprint density at radius 2 is 1.88 bits per heavy atom. The molecule has 25 heavy (non-hydrogen) atoms. The number of aliphatic imine (C=N–C) groups is 1. The van der Waals surface area contributed by atoms with Gasteiger partial charge in [0, 0.05) is 33.4 Å². The van der Waals surface area contributed by atoms with E-state index in [0.717, 1.165) is 43.4 Å². The first-order valence-electron chi connectivity index (χ1n) is 8.05. The van der Waals surface area contributed by atoms with E-state index in [-0.39, 0.29) is 24.0 Å². The van der Waals surface area contributed by atoms with Crippen LogP contribution in [0.4, 0.5) is 0 Å². The first-order valence-corrected chi connectivity index (χ1v) is 8.05. The fourth-order valence-corrected chi connectivity index (χ4v) is 2.57. The molecule has 136 valence electrons. The van der Waals surface area contributed by atoms with E-state index in [9.17, 15) is 0 Å². The predicted molar refractivity (Wildman–Crippen MR) is 108 cm³/mol. The lowest BCUT2D eigenvalue weighted by atomic mass is 10.1. The number of nitrogens with one attached hydrogen (secondary N) is 2. The number of hydrogen-bond acceptors (Lipinski definition) is 4. The van der Waals surface area contributed by atoms with Crippen molar-refractivity contribution in [3.8, 4) is 11.5 Å². The monoisotopic (exact) mass is 457 g/mol. The maximum atomic E-state index is 5.40. The normalized spacial score (nSPS) is 12.6. The zero-order chi connectivity index (χ0) is 16.8. The molecule has 1 aromatic carbocycles. The van der Waals surface area contributed by atoms with Crippen molar-refractivity contribution in [2.24, 2.45) is 12.0 Å². The Morgan fingerprint density at radius 3 is 2.56 bits per heavy atom. The quantitative estimate of drug-likeness (QED) is 0.393. The average Bonchev–Trinajstić information content (AvgIpc) is 3.21. The van der Waals surface area contributed by atoms with Crippen LogP contribution in [0.1, 0.15) is 11.1 Å². The highest BCUT2D eigenvalue weighted by molar-refractivity contribution is 14.0. The molecular weight excluding hydrogens is 433 g/mol. The minimum atomic E-state index is 0. The molecule has 3 rings (SSSR count). The van der Waals surface area contributed by atoms with Gasteiger partial charge in [-0.25, -0.2) is 0 Å². The van der Waals surface area contributed by atoms with Crippen molar-refractivity contribution in [3.05, 3.63) is 41.7 Å². The second-order valence-electron chi connectivity index (χ2n) is 5.64. The number of aryl methyl sites for hydroxylation is 1. The number of halogens is 1. The van der Waals surface area contributed by atoms with E-state index in [1.54, 1.807) is 7.05 Å². The van der Waals surface area contributed by atoms with Crippen molar-refractivity contribution in [2.45, 2.75) is 12.8 Å². The highest BCUT2D eigenvalue weighted by Gasteiger charge is 2.12. The molecule has 2 aromatic rings. The summed E-state index contributed by atoms with van der Waals surface area (Å²) in [6, 6.07) is 6.05. The smallest absolute Gasteiger partial charge is 0.231 e. The summed E-state index contributed by atoms with van der Waals surface area (Å²) >= 11 is 0. The molecule has 0 aliphatic carbocycles. The third-order valence-electron chi connectivity index (χ3n) is 3.83. The van der Waals surface area contributed by atoms with Crippen LogP contribution in [0.25, 0.3) is 0 Å². The summed E-state index contributed by atoms with van der Waals surface area (Å²) in [5.74, 6) is 2.45. The van der Waals surface area contributed by atoms with Gasteiger partial charge in [0.05, 0.1) is 6.20 Å². The van der Waals surface area contributed by atoms with Gasteiger partial charge in [0.25, 0.3) is 0 Å². The average molecular weight is 457 g/mol. The molecule has 0 atom stereocenters. The molecule has 0 radical (unpaired) electrons. The summed E-state index contributed by atoms with van der Waals surface area (Å²) < 4.78 is 12.5. The molecule has 1 aliphatic heterocycles. The van der Waals surface area contributed by atoms with E-state index in [0.29, 0.717) is 6.79 Å². The summed E-state index contributed by atoms with van der Waals surface area (Å²) in [4.78, 5) is 4.24. The Bertz CT molecular complexity index is 717. The lowest BCUT2D eigenvalue weighted by Gasteiger charge is -2.11. The van der Waals surface area contributed by atoms with Gasteiger partial charge in [-0.3, -0.25) is 9.67 Å². The SMILES string of the molecule is CN=C(NCCc1ccc2c(c1)OCO2)NCCc1cnn(C)c1.I. The maximum Gasteiger partial charge on any atom is 0.231 e. The molecule has 0 amide bonds. The topological polar surface area (TPSA) is 72.7 Å². The molecule has 8 heteroatoms. The first kappa shape index (κ1) is 19.4. The van der Waals surface area contributed by atoms with Gasteiger partial charge in [-0.2, -0.15) is 5.10 Å². The van der Waals surface area contributed by atoms with E-state index < -0.39 is 0 Å². The van der Waals surface area contributed by atoms with Gasteiger partial charge in [-0.05, 0) is 36.1 Å². The molecule has 2 N–H and O–H groups in total. The van der Waals surface area contributed by atoms with Crippen molar-refractivity contribution in [1.29, 1.82) is 0 Å². The number of nitrogens with zero attached hydrogens (tertiary/aromatic N) is 3. The summed E-state index contributed by atoms with van der Waals surface area (Å²) in [5, 5.41) is 10.8. The van der Waals surface area contributed by atoms with Crippen LogP contribution >= 0.6 is 24.0 Å². The molecule has 1 aliphatic rings. The number of ether oxygens (including phenoxy) is 2. The fraction of sp³-hybridized carbons (Fsp3) is 0.412. The molecule has 0 unspecified atom stereocenters. The Kier molecular flexibility index (Phi) is 7.35. The largest absolute Gasteiger partial charge is 0.454 e. The van der Waals surface area contributed by atoms with Gasteiger partial charge < -0.3 is 20.1 Å². The highest BCUT2D eigenvalue weighted by Crippen LogP contribution is 2.32.